The topological polar surface area (TPSA) is 60.1 Å². The van der Waals surface area contributed by atoms with Crippen LogP contribution in [-0.2, 0) is 25.8 Å². The van der Waals surface area contributed by atoms with Gasteiger partial charge in [0.05, 0.1) is 17.6 Å². The van der Waals surface area contributed by atoms with Crippen LogP contribution in [0.25, 0.3) is 11.0 Å². The predicted octanol–water partition coefficient (Wildman–Crippen LogP) is 4.28. The highest BCUT2D eigenvalue weighted by molar-refractivity contribution is 6.07. The van der Waals surface area contributed by atoms with Gasteiger partial charge >= 0.3 is 0 Å². The Balaban J connectivity index is 1.47. The number of hydrogen-bond acceptors (Lipinski definition) is 3. The number of nitrogens with zero attached hydrogens (tertiary/aromatic N) is 2. The van der Waals surface area contributed by atoms with Crippen LogP contribution in [0.4, 0.5) is 0 Å². The lowest BCUT2D eigenvalue weighted by molar-refractivity contribution is 0.0951. The molecule has 5 nitrogen and oxygen atoms in total. The first-order valence-corrected chi connectivity index (χ1v) is 10.1. The fourth-order valence-electron chi connectivity index (χ4n) is 3.96. The summed E-state index contributed by atoms with van der Waals surface area (Å²) >= 11 is 0. The summed E-state index contributed by atoms with van der Waals surface area (Å²) in [4.78, 5) is 17.5. The van der Waals surface area contributed by atoms with Crippen LogP contribution in [0.2, 0.25) is 0 Å². The van der Waals surface area contributed by atoms with Crippen molar-refractivity contribution in [3.8, 4) is 0 Å². The van der Waals surface area contributed by atoms with Crippen LogP contribution in [0.1, 0.15) is 60.1 Å². The normalized spacial score (nSPS) is 13.7. The molecule has 0 fully saturated rings. The fourth-order valence-corrected chi connectivity index (χ4v) is 3.96. The molecule has 1 aliphatic carbocycles. The summed E-state index contributed by atoms with van der Waals surface area (Å²) in [6.07, 6.45) is 9.44. The van der Waals surface area contributed by atoms with Crippen molar-refractivity contribution in [2.45, 2.75) is 58.4 Å². The SMILES string of the molecule is CCCCc1oc2ccccc2c1C(=O)NCCn1cnc2c1CCCC2. The summed E-state index contributed by atoms with van der Waals surface area (Å²) in [5.74, 6) is 0.760. The van der Waals surface area contributed by atoms with Crippen molar-refractivity contribution in [2.75, 3.05) is 6.54 Å². The number of nitrogens with one attached hydrogen (secondary N) is 1. The molecule has 0 saturated carbocycles. The van der Waals surface area contributed by atoms with Gasteiger partial charge in [-0.15, -0.1) is 0 Å². The van der Waals surface area contributed by atoms with E-state index < -0.39 is 0 Å². The molecule has 27 heavy (non-hydrogen) atoms. The van der Waals surface area contributed by atoms with E-state index >= 15 is 0 Å². The second-order valence-electron chi connectivity index (χ2n) is 7.29. The molecule has 2 heterocycles. The van der Waals surface area contributed by atoms with Gasteiger partial charge in [0.25, 0.3) is 5.91 Å². The van der Waals surface area contributed by atoms with Gasteiger partial charge < -0.3 is 14.3 Å². The quantitative estimate of drug-likeness (QED) is 0.680. The summed E-state index contributed by atoms with van der Waals surface area (Å²) < 4.78 is 8.17. The zero-order chi connectivity index (χ0) is 18.6. The summed E-state index contributed by atoms with van der Waals surface area (Å²) in [6.45, 7) is 3.50. The van der Waals surface area contributed by atoms with Crippen LogP contribution >= 0.6 is 0 Å². The number of furan rings is 1. The summed E-state index contributed by atoms with van der Waals surface area (Å²) in [7, 11) is 0. The molecule has 1 amide bonds. The van der Waals surface area contributed by atoms with Crippen LogP contribution in [-0.4, -0.2) is 22.0 Å². The Kier molecular flexibility index (Phi) is 5.28. The molecule has 0 radical (unpaired) electrons. The van der Waals surface area contributed by atoms with Crippen molar-refractivity contribution >= 4 is 16.9 Å². The van der Waals surface area contributed by atoms with Gasteiger partial charge in [-0.25, -0.2) is 4.98 Å². The number of para-hydroxylation sites is 1. The molecule has 0 bridgehead atoms. The average Bonchev–Trinajstić information content (AvgIpc) is 3.27. The molecule has 2 aromatic heterocycles. The molecular formula is C22H27N3O2. The highest BCUT2D eigenvalue weighted by atomic mass is 16.3. The number of unbranched alkanes of at least 4 members (excludes halogenated alkanes) is 1. The number of benzene rings is 1. The molecule has 0 unspecified atom stereocenters. The minimum atomic E-state index is -0.0416. The zero-order valence-electron chi connectivity index (χ0n) is 16.0. The van der Waals surface area contributed by atoms with Crippen molar-refractivity contribution in [3.05, 3.63) is 53.3 Å². The van der Waals surface area contributed by atoms with Crippen molar-refractivity contribution in [3.63, 3.8) is 0 Å². The Morgan fingerprint density at radius 3 is 3.00 bits per heavy atom. The number of aromatic nitrogens is 2. The average molecular weight is 365 g/mol. The number of imidazole rings is 1. The van der Waals surface area contributed by atoms with E-state index in [4.69, 9.17) is 4.42 Å². The molecule has 0 saturated heterocycles. The van der Waals surface area contributed by atoms with Crippen LogP contribution in [0.15, 0.2) is 35.0 Å². The maximum Gasteiger partial charge on any atom is 0.255 e. The van der Waals surface area contributed by atoms with Gasteiger partial charge in [-0.2, -0.15) is 0 Å². The maximum atomic E-state index is 12.9. The van der Waals surface area contributed by atoms with Crippen LogP contribution < -0.4 is 5.32 Å². The molecule has 0 spiro atoms. The Morgan fingerprint density at radius 2 is 2.11 bits per heavy atom. The summed E-state index contributed by atoms with van der Waals surface area (Å²) in [5, 5.41) is 4.00. The van der Waals surface area contributed by atoms with Gasteiger partial charge in [0.15, 0.2) is 0 Å². The molecule has 0 atom stereocenters. The second kappa shape index (κ2) is 7.99. The molecule has 1 aromatic carbocycles. The first-order chi connectivity index (χ1) is 13.3. The minimum Gasteiger partial charge on any atom is -0.460 e. The fraction of sp³-hybridized carbons (Fsp3) is 0.455. The number of carbonyl (C=O) groups is 1. The predicted molar refractivity (Wildman–Crippen MR) is 106 cm³/mol. The zero-order valence-corrected chi connectivity index (χ0v) is 16.0. The van der Waals surface area contributed by atoms with Crippen molar-refractivity contribution in [2.24, 2.45) is 0 Å². The number of fused-ring (bicyclic) bond motifs is 2. The standard InChI is InChI=1S/C22H27N3O2/c1-2-3-11-20-21(16-8-4-7-12-19(16)27-20)22(26)23-13-14-25-15-24-17-9-5-6-10-18(17)25/h4,7-8,12,15H,2-3,5-6,9-11,13-14H2,1H3,(H,23,26). The van der Waals surface area contributed by atoms with E-state index in [0.717, 1.165) is 55.4 Å². The Labute approximate surface area is 159 Å². The molecule has 0 aliphatic heterocycles. The first-order valence-electron chi connectivity index (χ1n) is 10.1. The third-order valence-corrected chi connectivity index (χ3v) is 5.40. The van der Waals surface area contributed by atoms with E-state index in [1.54, 1.807) is 0 Å². The number of amides is 1. The van der Waals surface area contributed by atoms with Gasteiger partial charge in [0, 0.05) is 30.6 Å². The highest BCUT2D eigenvalue weighted by Gasteiger charge is 2.20. The van der Waals surface area contributed by atoms with Gasteiger partial charge in [-0.3, -0.25) is 4.79 Å². The second-order valence-corrected chi connectivity index (χ2v) is 7.29. The van der Waals surface area contributed by atoms with Gasteiger partial charge in [0.1, 0.15) is 11.3 Å². The van der Waals surface area contributed by atoms with Crippen molar-refractivity contribution in [1.29, 1.82) is 0 Å². The Bertz CT molecular complexity index is 938. The molecule has 3 aromatic rings. The number of rotatable bonds is 7. The van der Waals surface area contributed by atoms with E-state index in [1.165, 1.54) is 24.2 Å². The third kappa shape index (κ3) is 3.64. The Hall–Kier alpha value is -2.56. The molecule has 1 N–H and O–H groups in total. The van der Waals surface area contributed by atoms with E-state index in [2.05, 4.69) is 21.8 Å². The highest BCUT2D eigenvalue weighted by Crippen LogP contribution is 2.27. The molecule has 5 heteroatoms. The minimum absolute atomic E-state index is 0.0416. The lowest BCUT2D eigenvalue weighted by Crippen LogP contribution is -2.28. The molecule has 142 valence electrons. The first kappa shape index (κ1) is 17.8. The van der Waals surface area contributed by atoms with Crippen LogP contribution in [0.3, 0.4) is 0 Å². The van der Waals surface area contributed by atoms with Crippen LogP contribution in [0.5, 0.6) is 0 Å². The molecule has 4 rings (SSSR count). The summed E-state index contributed by atoms with van der Waals surface area (Å²) in [5.41, 5.74) is 4.06. The van der Waals surface area contributed by atoms with Crippen LogP contribution in [0, 0.1) is 0 Å². The van der Waals surface area contributed by atoms with E-state index in [1.807, 2.05) is 30.6 Å². The maximum absolute atomic E-state index is 12.9. The van der Waals surface area contributed by atoms with E-state index in [0.29, 0.717) is 12.1 Å². The van der Waals surface area contributed by atoms with E-state index in [-0.39, 0.29) is 5.91 Å². The summed E-state index contributed by atoms with van der Waals surface area (Å²) in [6, 6.07) is 7.80. The number of carbonyl (C=O) groups excluding carboxylic acids is 1. The molecule has 1 aliphatic rings. The lowest BCUT2D eigenvalue weighted by Gasteiger charge is -2.14. The van der Waals surface area contributed by atoms with E-state index in [9.17, 15) is 4.79 Å². The van der Waals surface area contributed by atoms with Crippen molar-refractivity contribution in [1.82, 2.24) is 14.9 Å². The number of hydrogen-bond donors (Lipinski definition) is 1. The largest absolute Gasteiger partial charge is 0.460 e. The van der Waals surface area contributed by atoms with Gasteiger partial charge in [0.2, 0.25) is 0 Å². The monoisotopic (exact) mass is 365 g/mol. The molecular weight excluding hydrogens is 338 g/mol. The smallest absolute Gasteiger partial charge is 0.255 e. The van der Waals surface area contributed by atoms with Gasteiger partial charge in [-0.05, 0) is 38.2 Å². The number of aryl methyl sites for hydroxylation is 2. The lowest BCUT2D eigenvalue weighted by atomic mass is 10.0. The van der Waals surface area contributed by atoms with Crippen molar-refractivity contribution < 1.29 is 9.21 Å². The van der Waals surface area contributed by atoms with Gasteiger partial charge in [-0.1, -0.05) is 31.5 Å². The Morgan fingerprint density at radius 1 is 1.26 bits per heavy atom. The third-order valence-electron chi connectivity index (χ3n) is 5.40.